The molecule has 0 radical (unpaired) electrons. The maximum atomic E-state index is 12.9. The van der Waals surface area contributed by atoms with Crippen molar-refractivity contribution >= 4 is 28.3 Å². The van der Waals surface area contributed by atoms with Crippen molar-refractivity contribution in [2.45, 2.75) is 44.1 Å². The van der Waals surface area contributed by atoms with Gasteiger partial charge in [-0.15, -0.1) is 10.2 Å². The van der Waals surface area contributed by atoms with Crippen LogP contribution in [-0.2, 0) is 9.59 Å². The van der Waals surface area contributed by atoms with E-state index in [0.717, 1.165) is 23.4 Å². The van der Waals surface area contributed by atoms with Crippen LogP contribution in [0.25, 0.3) is 0 Å². The summed E-state index contributed by atoms with van der Waals surface area (Å²) in [5.41, 5.74) is 0.977. The third-order valence-corrected chi connectivity index (χ3v) is 6.44. The Morgan fingerprint density at radius 2 is 1.92 bits per heavy atom. The van der Waals surface area contributed by atoms with Crippen LogP contribution in [0.3, 0.4) is 0 Å². The molecule has 2 aliphatic rings. The zero-order valence-electron chi connectivity index (χ0n) is 14.7. The monoisotopic (exact) mass is 370 g/mol. The van der Waals surface area contributed by atoms with Gasteiger partial charge < -0.3 is 10.2 Å². The molecule has 1 aromatic carbocycles. The van der Waals surface area contributed by atoms with E-state index in [2.05, 4.69) is 15.5 Å². The minimum absolute atomic E-state index is 0.0112. The van der Waals surface area contributed by atoms with Crippen molar-refractivity contribution in [1.82, 2.24) is 15.1 Å². The largest absolute Gasteiger partial charge is 0.338 e. The molecular weight excluding hydrogens is 348 g/mol. The highest BCUT2D eigenvalue weighted by molar-refractivity contribution is 7.15. The number of nitrogens with one attached hydrogen (secondary N) is 1. The van der Waals surface area contributed by atoms with Gasteiger partial charge in [0.25, 0.3) is 0 Å². The second kappa shape index (κ2) is 7.15. The summed E-state index contributed by atoms with van der Waals surface area (Å²) in [5.74, 6) is -0.114. The number of carbonyl (C=O) groups is 2. The first-order valence-corrected chi connectivity index (χ1v) is 9.90. The molecule has 2 atom stereocenters. The highest BCUT2D eigenvalue weighted by Gasteiger charge is 2.42. The Morgan fingerprint density at radius 1 is 1.19 bits per heavy atom. The van der Waals surface area contributed by atoms with Crippen molar-refractivity contribution in [3.63, 3.8) is 0 Å². The van der Waals surface area contributed by atoms with E-state index >= 15 is 0 Å². The fourth-order valence-electron chi connectivity index (χ4n) is 4.03. The Morgan fingerprint density at radius 3 is 2.65 bits per heavy atom. The Kier molecular flexibility index (Phi) is 4.72. The standard InChI is InChI=1S/C19H22N4O2S/c1-23-15(24)11-14(16(23)12-7-3-2-4-8-12)17(25)20-19-22-21-18(26-19)13-9-5-6-10-13/h2-4,7-8,13-14,16H,5-6,9-11H2,1H3,(H,20,22,25)/t14-,16+/m0/s1. The predicted molar refractivity (Wildman–Crippen MR) is 99.8 cm³/mol. The van der Waals surface area contributed by atoms with E-state index in [1.165, 1.54) is 24.2 Å². The smallest absolute Gasteiger partial charge is 0.232 e. The molecular formula is C19H22N4O2S. The Hall–Kier alpha value is -2.28. The quantitative estimate of drug-likeness (QED) is 0.895. The number of benzene rings is 1. The van der Waals surface area contributed by atoms with Crippen molar-refractivity contribution in [2.75, 3.05) is 12.4 Å². The topological polar surface area (TPSA) is 75.2 Å². The second-order valence-corrected chi connectivity index (χ2v) is 8.10. The molecule has 1 N–H and O–H groups in total. The molecule has 1 saturated carbocycles. The van der Waals surface area contributed by atoms with Gasteiger partial charge in [-0.05, 0) is 18.4 Å². The fourth-order valence-corrected chi connectivity index (χ4v) is 4.95. The number of rotatable bonds is 4. The van der Waals surface area contributed by atoms with Crippen LogP contribution in [0.1, 0.15) is 54.6 Å². The summed E-state index contributed by atoms with van der Waals surface area (Å²) in [6.45, 7) is 0. The van der Waals surface area contributed by atoms with E-state index < -0.39 is 5.92 Å². The minimum Gasteiger partial charge on any atom is -0.338 e. The lowest BCUT2D eigenvalue weighted by Gasteiger charge is -2.24. The summed E-state index contributed by atoms with van der Waals surface area (Å²) in [6, 6.07) is 9.47. The molecule has 6 nitrogen and oxygen atoms in total. The number of hydrogen-bond donors (Lipinski definition) is 1. The summed E-state index contributed by atoms with van der Waals surface area (Å²) < 4.78 is 0. The molecule has 26 heavy (non-hydrogen) atoms. The highest BCUT2D eigenvalue weighted by Crippen LogP contribution is 2.39. The van der Waals surface area contributed by atoms with Crippen molar-refractivity contribution in [1.29, 1.82) is 0 Å². The lowest BCUT2D eigenvalue weighted by atomic mass is 9.93. The van der Waals surface area contributed by atoms with Crippen LogP contribution in [0.2, 0.25) is 0 Å². The Labute approximate surface area is 156 Å². The van der Waals surface area contributed by atoms with Gasteiger partial charge in [0.05, 0.1) is 12.0 Å². The van der Waals surface area contributed by atoms with Crippen molar-refractivity contribution < 1.29 is 9.59 Å². The number of amides is 2. The number of nitrogens with zero attached hydrogens (tertiary/aromatic N) is 3. The summed E-state index contributed by atoms with van der Waals surface area (Å²) >= 11 is 1.46. The van der Waals surface area contributed by atoms with Crippen LogP contribution in [-0.4, -0.2) is 34.0 Å². The molecule has 2 amide bonds. The van der Waals surface area contributed by atoms with Gasteiger partial charge in [0.2, 0.25) is 16.9 Å². The van der Waals surface area contributed by atoms with Crippen LogP contribution >= 0.6 is 11.3 Å². The Balaban J connectivity index is 1.50. The zero-order chi connectivity index (χ0) is 18.1. The normalized spacial score (nSPS) is 23.6. The molecule has 0 spiro atoms. The van der Waals surface area contributed by atoms with E-state index in [9.17, 15) is 9.59 Å². The molecule has 7 heteroatoms. The maximum absolute atomic E-state index is 12.9. The van der Waals surface area contributed by atoms with Gasteiger partial charge in [0, 0.05) is 19.4 Å². The minimum atomic E-state index is -0.422. The first-order chi connectivity index (χ1) is 12.6. The number of hydrogen-bond acceptors (Lipinski definition) is 5. The summed E-state index contributed by atoms with van der Waals surface area (Å²) in [7, 11) is 1.76. The molecule has 1 aromatic heterocycles. The van der Waals surface area contributed by atoms with Gasteiger partial charge in [-0.25, -0.2) is 0 Å². The second-order valence-electron chi connectivity index (χ2n) is 7.09. The number of likely N-dealkylation sites (tertiary alicyclic amines) is 1. The lowest BCUT2D eigenvalue weighted by molar-refractivity contribution is -0.127. The van der Waals surface area contributed by atoms with Gasteiger partial charge in [-0.2, -0.15) is 0 Å². The zero-order valence-corrected chi connectivity index (χ0v) is 15.5. The summed E-state index contributed by atoms with van der Waals surface area (Å²) in [6.07, 6.45) is 5.00. The third kappa shape index (κ3) is 3.23. The number of carbonyl (C=O) groups excluding carboxylic acids is 2. The molecule has 4 rings (SSSR count). The van der Waals surface area contributed by atoms with E-state index in [-0.39, 0.29) is 24.3 Å². The van der Waals surface area contributed by atoms with Gasteiger partial charge in [-0.1, -0.05) is 54.5 Å². The van der Waals surface area contributed by atoms with Gasteiger partial charge >= 0.3 is 0 Å². The van der Waals surface area contributed by atoms with Crippen LogP contribution in [0, 0.1) is 5.92 Å². The van der Waals surface area contributed by atoms with Crippen molar-refractivity contribution in [3.05, 3.63) is 40.9 Å². The summed E-state index contributed by atoms with van der Waals surface area (Å²) in [4.78, 5) is 26.8. The average Bonchev–Trinajstić information content (AvgIpc) is 3.37. The predicted octanol–water partition coefficient (Wildman–Crippen LogP) is 3.35. The lowest BCUT2D eigenvalue weighted by Crippen LogP contribution is -2.29. The van der Waals surface area contributed by atoms with E-state index in [1.807, 2.05) is 30.3 Å². The van der Waals surface area contributed by atoms with Crippen LogP contribution in [0.4, 0.5) is 5.13 Å². The van der Waals surface area contributed by atoms with E-state index in [1.54, 1.807) is 11.9 Å². The SMILES string of the molecule is CN1C(=O)C[C@H](C(=O)Nc2nnc(C3CCCC3)s2)[C@H]1c1ccccc1. The first kappa shape index (κ1) is 17.1. The third-order valence-electron chi connectivity index (χ3n) is 5.44. The molecule has 0 unspecified atom stereocenters. The van der Waals surface area contributed by atoms with E-state index in [0.29, 0.717) is 11.0 Å². The molecule has 2 aromatic rings. The number of aromatic nitrogens is 2. The van der Waals surface area contributed by atoms with Crippen molar-refractivity contribution in [2.24, 2.45) is 5.92 Å². The highest BCUT2D eigenvalue weighted by atomic mass is 32.1. The van der Waals surface area contributed by atoms with Gasteiger partial charge in [-0.3, -0.25) is 9.59 Å². The molecule has 2 heterocycles. The fraction of sp³-hybridized carbons (Fsp3) is 0.474. The first-order valence-electron chi connectivity index (χ1n) is 9.08. The van der Waals surface area contributed by atoms with Crippen molar-refractivity contribution in [3.8, 4) is 0 Å². The van der Waals surface area contributed by atoms with Crippen LogP contribution < -0.4 is 5.32 Å². The molecule has 0 bridgehead atoms. The van der Waals surface area contributed by atoms with Crippen LogP contribution in [0.15, 0.2) is 30.3 Å². The molecule has 1 aliphatic carbocycles. The summed E-state index contributed by atoms with van der Waals surface area (Å²) in [5, 5.41) is 12.8. The molecule has 1 saturated heterocycles. The molecule has 136 valence electrons. The van der Waals surface area contributed by atoms with Crippen LogP contribution in [0.5, 0.6) is 0 Å². The maximum Gasteiger partial charge on any atom is 0.232 e. The Bertz CT molecular complexity index is 801. The van der Waals surface area contributed by atoms with Gasteiger partial charge in [0.15, 0.2) is 0 Å². The molecule has 2 fully saturated rings. The van der Waals surface area contributed by atoms with Gasteiger partial charge in [0.1, 0.15) is 5.01 Å². The average molecular weight is 370 g/mol. The number of anilines is 1. The van der Waals surface area contributed by atoms with E-state index in [4.69, 9.17) is 0 Å². The molecule has 1 aliphatic heterocycles.